The van der Waals surface area contributed by atoms with Gasteiger partial charge in [-0.1, -0.05) is 53.4 Å². The largest absolute Gasteiger partial charge is 0.507 e. The fourth-order valence-corrected chi connectivity index (χ4v) is 6.17. The molecule has 3 N–H and O–H groups in total. The predicted molar refractivity (Wildman–Crippen MR) is 147 cm³/mol. The van der Waals surface area contributed by atoms with Crippen LogP contribution in [0.15, 0.2) is 65.6 Å². The van der Waals surface area contributed by atoms with Crippen molar-refractivity contribution in [3.63, 3.8) is 0 Å². The molecule has 3 rings (SSSR count). The highest BCUT2D eigenvalue weighted by molar-refractivity contribution is 7.90. The number of sulfone groups is 1. The first-order valence-electron chi connectivity index (χ1n) is 11.0. The standard InChI is InChI=1S/C26H24Cl2NO7PS/c1-36-37(33,25-9-4-3-8-24(25)30)11-10-18-13-21(27)20(22(28)14-18)16-29-23(26(31)32)15-17-6-5-7-19(12-17)38(2,34)35/h3-9,12-14,23,29-30H,15-16H2,1-2H3,(H,31,32). The van der Waals surface area contributed by atoms with Crippen LogP contribution in [0.3, 0.4) is 0 Å². The van der Waals surface area contributed by atoms with Crippen LogP contribution in [0.4, 0.5) is 0 Å². The minimum absolute atomic E-state index is 0.00254. The molecule has 0 aliphatic carbocycles. The Kier molecular flexibility index (Phi) is 9.66. The molecule has 0 fully saturated rings. The van der Waals surface area contributed by atoms with Crippen LogP contribution in [0, 0.1) is 11.6 Å². The van der Waals surface area contributed by atoms with Gasteiger partial charge in [0, 0.05) is 41.1 Å². The SMILES string of the molecule is COP(=O)(C#Cc1cc(Cl)c(CNC(Cc2cccc(S(C)(=O)=O)c2)C(=O)O)c(Cl)c1)c1ccccc1O. The predicted octanol–water partition coefficient (Wildman–Crippen LogP) is 4.45. The van der Waals surface area contributed by atoms with Gasteiger partial charge in [0.15, 0.2) is 9.84 Å². The van der Waals surface area contributed by atoms with Crippen LogP contribution in [-0.4, -0.2) is 44.0 Å². The zero-order chi connectivity index (χ0) is 28.1. The van der Waals surface area contributed by atoms with Gasteiger partial charge in [-0.05, 0) is 54.0 Å². The third kappa shape index (κ3) is 7.39. The van der Waals surface area contributed by atoms with E-state index in [1.54, 1.807) is 24.3 Å². The van der Waals surface area contributed by atoms with Crippen LogP contribution < -0.4 is 10.6 Å². The van der Waals surface area contributed by atoms with Gasteiger partial charge in [0.1, 0.15) is 11.8 Å². The van der Waals surface area contributed by atoms with Gasteiger partial charge in [0.25, 0.3) is 0 Å². The lowest BCUT2D eigenvalue weighted by molar-refractivity contribution is -0.139. The summed E-state index contributed by atoms with van der Waals surface area (Å²) < 4.78 is 41.9. The number of nitrogens with one attached hydrogen (secondary N) is 1. The summed E-state index contributed by atoms with van der Waals surface area (Å²) in [6, 6.07) is 14.0. The number of carbonyl (C=O) groups is 1. The first-order valence-corrected chi connectivity index (χ1v) is 15.3. The topological polar surface area (TPSA) is 130 Å². The summed E-state index contributed by atoms with van der Waals surface area (Å²) in [5, 5.41) is 23.1. The fourth-order valence-electron chi connectivity index (χ4n) is 3.51. The minimum Gasteiger partial charge on any atom is -0.507 e. The van der Waals surface area contributed by atoms with Gasteiger partial charge < -0.3 is 14.7 Å². The number of halogens is 2. The van der Waals surface area contributed by atoms with Gasteiger partial charge >= 0.3 is 13.3 Å². The molecule has 12 heteroatoms. The lowest BCUT2D eigenvalue weighted by Gasteiger charge is -2.17. The number of carboxylic acids is 1. The summed E-state index contributed by atoms with van der Waals surface area (Å²) in [5.41, 5.74) is 3.86. The molecule has 38 heavy (non-hydrogen) atoms. The molecule has 3 aromatic rings. The molecule has 2 unspecified atom stereocenters. The highest BCUT2D eigenvalue weighted by Crippen LogP contribution is 2.46. The van der Waals surface area contributed by atoms with Crippen molar-refractivity contribution in [1.82, 2.24) is 5.32 Å². The van der Waals surface area contributed by atoms with Crippen molar-refractivity contribution in [2.75, 3.05) is 13.4 Å². The molecular formula is C26H24Cl2NO7PS. The zero-order valence-corrected chi connectivity index (χ0v) is 23.5. The number of phenolic OH excluding ortho intramolecular Hbond substituents is 1. The number of aliphatic carboxylic acids is 1. The molecule has 3 aromatic carbocycles. The number of hydrogen-bond acceptors (Lipinski definition) is 7. The van der Waals surface area contributed by atoms with Crippen molar-refractivity contribution in [1.29, 1.82) is 0 Å². The monoisotopic (exact) mass is 595 g/mol. The molecular weight excluding hydrogens is 572 g/mol. The number of phenols is 1. The minimum atomic E-state index is -3.69. The van der Waals surface area contributed by atoms with E-state index in [0.717, 1.165) is 6.26 Å². The Morgan fingerprint density at radius 2 is 1.76 bits per heavy atom. The van der Waals surface area contributed by atoms with E-state index in [-0.39, 0.29) is 39.0 Å². The van der Waals surface area contributed by atoms with Crippen molar-refractivity contribution in [3.05, 3.63) is 87.4 Å². The molecule has 200 valence electrons. The maximum Gasteiger partial charge on any atom is 0.321 e. The molecule has 0 spiro atoms. The van der Waals surface area contributed by atoms with E-state index in [1.165, 1.54) is 43.5 Å². The summed E-state index contributed by atoms with van der Waals surface area (Å²) in [5.74, 6) is 1.38. The lowest BCUT2D eigenvalue weighted by Crippen LogP contribution is -2.38. The molecule has 0 saturated carbocycles. The van der Waals surface area contributed by atoms with E-state index in [1.807, 2.05) is 0 Å². The third-order valence-electron chi connectivity index (χ3n) is 5.53. The van der Waals surface area contributed by atoms with Crippen LogP contribution in [-0.2, 0) is 36.7 Å². The summed E-state index contributed by atoms with van der Waals surface area (Å²) in [4.78, 5) is 12.0. The Morgan fingerprint density at radius 3 is 2.34 bits per heavy atom. The van der Waals surface area contributed by atoms with Gasteiger partial charge in [-0.25, -0.2) is 8.42 Å². The van der Waals surface area contributed by atoms with Gasteiger partial charge in [0.05, 0.1) is 10.2 Å². The highest BCUT2D eigenvalue weighted by atomic mass is 35.5. The molecule has 0 saturated heterocycles. The number of hydrogen-bond donors (Lipinski definition) is 3. The molecule has 0 aromatic heterocycles. The summed E-state index contributed by atoms with van der Waals surface area (Å²) in [6.07, 6.45) is 1.10. The maximum absolute atomic E-state index is 13.2. The number of carboxylic acid groups (broad SMARTS) is 1. The lowest BCUT2D eigenvalue weighted by atomic mass is 10.1. The second kappa shape index (κ2) is 12.4. The number of rotatable bonds is 9. The smallest absolute Gasteiger partial charge is 0.321 e. The molecule has 0 heterocycles. The molecule has 0 bridgehead atoms. The van der Waals surface area contributed by atoms with E-state index in [2.05, 4.69) is 16.9 Å². The van der Waals surface area contributed by atoms with Crippen molar-refractivity contribution < 1.29 is 32.5 Å². The van der Waals surface area contributed by atoms with Gasteiger partial charge in [-0.15, -0.1) is 0 Å². The van der Waals surface area contributed by atoms with Crippen LogP contribution >= 0.6 is 30.6 Å². The Bertz CT molecular complexity index is 1560. The van der Waals surface area contributed by atoms with Crippen molar-refractivity contribution in [3.8, 4) is 17.3 Å². The first-order chi connectivity index (χ1) is 17.8. The van der Waals surface area contributed by atoms with Crippen molar-refractivity contribution in [2.24, 2.45) is 0 Å². The fraction of sp³-hybridized carbons (Fsp3) is 0.192. The Morgan fingerprint density at radius 1 is 1.11 bits per heavy atom. The third-order valence-corrected chi connectivity index (χ3v) is 9.25. The number of para-hydroxylation sites is 1. The van der Waals surface area contributed by atoms with Gasteiger partial charge in [-0.2, -0.15) is 0 Å². The summed E-state index contributed by atoms with van der Waals surface area (Å²) >= 11 is 12.8. The molecule has 0 aliphatic heterocycles. The van der Waals surface area contributed by atoms with Crippen LogP contribution in [0.25, 0.3) is 0 Å². The molecule has 0 amide bonds. The maximum atomic E-state index is 13.2. The van der Waals surface area contributed by atoms with E-state index in [9.17, 15) is 28.0 Å². The zero-order valence-electron chi connectivity index (χ0n) is 20.3. The summed E-state index contributed by atoms with van der Waals surface area (Å²) in [7, 11) is -5.90. The molecule has 0 aliphatic rings. The van der Waals surface area contributed by atoms with E-state index in [0.29, 0.717) is 16.7 Å². The van der Waals surface area contributed by atoms with E-state index < -0.39 is 29.2 Å². The van der Waals surface area contributed by atoms with Crippen LogP contribution in [0.2, 0.25) is 10.0 Å². The van der Waals surface area contributed by atoms with E-state index in [4.69, 9.17) is 27.7 Å². The molecule has 2 atom stereocenters. The quantitative estimate of drug-likeness (QED) is 0.244. The van der Waals surface area contributed by atoms with E-state index >= 15 is 0 Å². The Labute approximate surface area is 230 Å². The average molecular weight is 596 g/mol. The summed E-state index contributed by atoms with van der Waals surface area (Å²) in [6.45, 7) is 0.00254. The number of aromatic hydroxyl groups is 1. The molecule has 8 nitrogen and oxygen atoms in total. The van der Waals surface area contributed by atoms with Gasteiger partial charge in [0.2, 0.25) is 0 Å². The van der Waals surface area contributed by atoms with Crippen molar-refractivity contribution >= 4 is 51.7 Å². The average Bonchev–Trinajstić information content (AvgIpc) is 2.86. The number of benzene rings is 3. The van der Waals surface area contributed by atoms with Crippen molar-refractivity contribution in [2.45, 2.75) is 23.9 Å². The Balaban J connectivity index is 1.80. The normalized spacial score (nSPS) is 13.7. The highest BCUT2D eigenvalue weighted by Gasteiger charge is 2.25. The van der Waals surface area contributed by atoms with Crippen LogP contribution in [0.1, 0.15) is 16.7 Å². The molecule has 0 radical (unpaired) electrons. The van der Waals surface area contributed by atoms with Crippen LogP contribution in [0.5, 0.6) is 5.75 Å². The van der Waals surface area contributed by atoms with Gasteiger partial charge in [-0.3, -0.25) is 14.7 Å². The Hall–Kier alpha value is -2.83. The second-order valence-corrected chi connectivity index (χ2v) is 13.3. The second-order valence-electron chi connectivity index (χ2n) is 8.27. The first kappa shape index (κ1) is 29.7.